The highest BCUT2D eigenvalue weighted by atomic mass is 32.1. The number of hydrogen-bond acceptors (Lipinski definition) is 2. The van der Waals surface area contributed by atoms with Crippen molar-refractivity contribution < 1.29 is 13.6 Å². The van der Waals surface area contributed by atoms with E-state index in [2.05, 4.69) is 5.32 Å². The van der Waals surface area contributed by atoms with Gasteiger partial charge in [-0.25, -0.2) is 8.78 Å². The highest BCUT2D eigenvalue weighted by Gasteiger charge is 2.41. The summed E-state index contributed by atoms with van der Waals surface area (Å²) in [5.41, 5.74) is 4.65. The summed E-state index contributed by atoms with van der Waals surface area (Å²) < 4.78 is 26.9. The minimum Gasteiger partial charge on any atom is -0.392 e. The van der Waals surface area contributed by atoms with Crippen LogP contribution in [0.4, 0.5) is 14.5 Å². The first-order valence-corrected chi connectivity index (χ1v) is 7.43. The van der Waals surface area contributed by atoms with Gasteiger partial charge in [0, 0.05) is 0 Å². The molecule has 3 nitrogen and oxygen atoms in total. The number of thiocarbonyl (C=S) groups is 1. The van der Waals surface area contributed by atoms with E-state index in [0.29, 0.717) is 12.8 Å². The van der Waals surface area contributed by atoms with E-state index in [1.54, 1.807) is 0 Å². The van der Waals surface area contributed by atoms with E-state index in [9.17, 15) is 13.6 Å². The van der Waals surface area contributed by atoms with Crippen LogP contribution in [0.25, 0.3) is 0 Å². The molecule has 1 aliphatic rings. The predicted molar refractivity (Wildman–Crippen MR) is 81.9 cm³/mol. The van der Waals surface area contributed by atoms with Crippen LogP contribution < -0.4 is 11.1 Å². The van der Waals surface area contributed by atoms with Crippen LogP contribution >= 0.6 is 12.2 Å². The number of nitrogens with two attached hydrogens (primary N) is 1. The van der Waals surface area contributed by atoms with Crippen LogP contribution in [0.3, 0.4) is 0 Å². The van der Waals surface area contributed by atoms with Crippen molar-refractivity contribution in [1.82, 2.24) is 0 Å². The summed E-state index contributed by atoms with van der Waals surface area (Å²) in [5.74, 6) is -2.52. The van der Waals surface area contributed by atoms with Gasteiger partial charge in [-0.3, -0.25) is 4.79 Å². The van der Waals surface area contributed by atoms with Crippen molar-refractivity contribution in [2.75, 3.05) is 5.32 Å². The summed E-state index contributed by atoms with van der Waals surface area (Å²) in [6, 6.07) is 3.66. The first-order valence-electron chi connectivity index (χ1n) is 7.03. The topological polar surface area (TPSA) is 55.1 Å². The zero-order valence-corrected chi connectivity index (χ0v) is 12.4. The molecule has 1 fully saturated rings. The van der Waals surface area contributed by atoms with Crippen LogP contribution in [0.5, 0.6) is 0 Å². The van der Waals surface area contributed by atoms with Gasteiger partial charge in [0.2, 0.25) is 5.91 Å². The van der Waals surface area contributed by atoms with Crippen molar-refractivity contribution in [3.63, 3.8) is 0 Å². The molecule has 3 N–H and O–H groups in total. The van der Waals surface area contributed by atoms with Crippen LogP contribution in [0.15, 0.2) is 18.2 Å². The Hall–Kier alpha value is -1.56. The Kier molecular flexibility index (Phi) is 4.88. The number of amides is 1. The number of rotatable bonds is 3. The standard InChI is InChI=1S/C15H18F2N2OS/c16-10-6-5-7-11(12(10)17)19-14(20)15(13(18)21)8-3-1-2-4-9-15/h5-7H,1-4,8-9H2,(H2,18,21)(H,19,20). The van der Waals surface area contributed by atoms with E-state index < -0.39 is 23.0 Å². The van der Waals surface area contributed by atoms with Gasteiger partial charge in [0.15, 0.2) is 11.6 Å². The highest BCUT2D eigenvalue weighted by Crippen LogP contribution is 2.37. The zero-order valence-electron chi connectivity index (χ0n) is 11.6. The SMILES string of the molecule is NC(=S)C1(C(=O)Nc2cccc(F)c2F)CCCCCC1. The van der Waals surface area contributed by atoms with Crippen LogP contribution in [0.2, 0.25) is 0 Å². The predicted octanol–water partition coefficient (Wildman–Crippen LogP) is 3.53. The van der Waals surface area contributed by atoms with Crippen molar-refractivity contribution in [1.29, 1.82) is 0 Å². The second-order valence-electron chi connectivity index (χ2n) is 5.42. The molecule has 0 spiro atoms. The van der Waals surface area contributed by atoms with E-state index in [1.807, 2.05) is 0 Å². The lowest BCUT2D eigenvalue weighted by Gasteiger charge is -2.30. The van der Waals surface area contributed by atoms with Crippen LogP contribution in [0.1, 0.15) is 38.5 Å². The number of anilines is 1. The zero-order chi connectivity index (χ0) is 15.5. The van der Waals surface area contributed by atoms with Gasteiger partial charge in [0.05, 0.1) is 16.1 Å². The molecule has 1 aliphatic carbocycles. The fourth-order valence-electron chi connectivity index (χ4n) is 2.76. The number of nitrogens with one attached hydrogen (secondary N) is 1. The minimum absolute atomic E-state index is 0.124. The molecule has 0 aliphatic heterocycles. The second kappa shape index (κ2) is 6.47. The molecule has 1 aromatic rings. The quantitative estimate of drug-likeness (QED) is 0.663. The third-order valence-electron chi connectivity index (χ3n) is 4.06. The van der Waals surface area contributed by atoms with Gasteiger partial charge in [0.1, 0.15) is 0 Å². The molecular formula is C15H18F2N2OS. The van der Waals surface area contributed by atoms with Gasteiger partial charge >= 0.3 is 0 Å². The summed E-state index contributed by atoms with van der Waals surface area (Å²) in [6.07, 6.45) is 4.82. The van der Waals surface area contributed by atoms with Crippen LogP contribution in [0, 0.1) is 17.0 Å². The lowest BCUT2D eigenvalue weighted by atomic mass is 9.79. The number of hydrogen-bond donors (Lipinski definition) is 2. The smallest absolute Gasteiger partial charge is 0.237 e. The van der Waals surface area contributed by atoms with E-state index in [0.717, 1.165) is 31.7 Å². The van der Waals surface area contributed by atoms with E-state index in [4.69, 9.17) is 18.0 Å². The van der Waals surface area contributed by atoms with E-state index in [-0.39, 0.29) is 10.7 Å². The monoisotopic (exact) mass is 312 g/mol. The largest absolute Gasteiger partial charge is 0.392 e. The molecule has 2 rings (SSSR count). The molecular weight excluding hydrogens is 294 g/mol. The second-order valence-corrected chi connectivity index (χ2v) is 5.86. The molecule has 0 bridgehead atoms. The Morgan fingerprint density at radius 2 is 1.81 bits per heavy atom. The maximum atomic E-state index is 13.7. The maximum Gasteiger partial charge on any atom is 0.237 e. The number of carbonyl (C=O) groups excluding carboxylic acids is 1. The fraction of sp³-hybridized carbons (Fsp3) is 0.467. The summed E-state index contributed by atoms with van der Waals surface area (Å²) in [4.78, 5) is 12.7. The summed E-state index contributed by atoms with van der Waals surface area (Å²) in [5, 5.41) is 2.45. The van der Waals surface area contributed by atoms with Crippen molar-refractivity contribution in [3.8, 4) is 0 Å². The molecule has 0 radical (unpaired) electrons. The third-order valence-corrected chi connectivity index (χ3v) is 4.45. The number of carbonyl (C=O) groups is 1. The fourth-order valence-corrected chi connectivity index (χ4v) is 3.06. The Balaban J connectivity index is 2.27. The Labute approximate surface area is 127 Å². The molecule has 21 heavy (non-hydrogen) atoms. The number of halogens is 2. The van der Waals surface area contributed by atoms with Gasteiger partial charge in [0.25, 0.3) is 0 Å². The maximum absolute atomic E-state index is 13.7. The Bertz CT molecular complexity index is 555. The lowest BCUT2D eigenvalue weighted by molar-refractivity contribution is -0.122. The first-order chi connectivity index (χ1) is 9.97. The van der Waals surface area contributed by atoms with E-state index in [1.165, 1.54) is 12.1 Å². The molecule has 1 saturated carbocycles. The van der Waals surface area contributed by atoms with Gasteiger partial charge in [-0.2, -0.15) is 0 Å². The van der Waals surface area contributed by atoms with Gasteiger partial charge in [-0.05, 0) is 25.0 Å². The molecule has 1 aromatic carbocycles. The molecule has 0 heterocycles. The normalized spacial score (nSPS) is 17.8. The highest BCUT2D eigenvalue weighted by molar-refractivity contribution is 7.80. The summed E-state index contributed by atoms with van der Waals surface area (Å²) in [6.45, 7) is 0. The third kappa shape index (κ3) is 3.20. The molecule has 6 heteroatoms. The Morgan fingerprint density at radius 3 is 2.38 bits per heavy atom. The number of benzene rings is 1. The van der Waals surface area contributed by atoms with Crippen LogP contribution in [-0.2, 0) is 4.79 Å². The molecule has 0 saturated heterocycles. The average Bonchev–Trinajstić information content (AvgIpc) is 2.70. The molecule has 0 aromatic heterocycles. The lowest BCUT2D eigenvalue weighted by Crippen LogP contribution is -2.45. The van der Waals surface area contributed by atoms with Gasteiger partial charge < -0.3 is 11.1 Å². The van der Waals surface area contributed by atoms with Crippen molar-refractivity contribution in [2.45, 2.75) is 38.5 Å². The average molecular weight is 312 g/mol. The minimum atomic E-state index is -1.07. The summed E-state index contributed by atoms with van der Waals surface area (Å²) in [7, 11) is 0. The molecule has 0 unspecified atom stereocenters. The van der Waals surface area contributed by atoms with E-state index >= 15 is 0 Å². The molecule has 114 valence electrons. The van der Waals surface area contributed by atoms with Crippen molar-refractivity contribution in [2.24, 2.45) is 11.1 Å². The Morgan fingerprint density at radius 1 is 1.19 bits per heavy atom. The molecule has 0 atom stereocenters. The van der Waals surface area contributed by atoms with Gasteiger partial charge in [-0.1, -0.05) is 44.0 Å². The van der Waals surface area contributed by atoms with Crippen molar-refractivity contribution in [3.05, 3.63) is 29.8 Å². The van der Waals surface area contributed by atoms with Gasteiger partial charge in [-0.15, -0.1) is 0 Å². The molecule has 1 amide bonds. The first kappa shape index (κ1) is 15.8. The summed E-state index contributed by atoms with van der Waals surface area (Å²) >= 11 is 5.09. The van der Waals surface area contributed by atoms with Crippen LogP contribution in [-0.4, -0.2) is 10.9 Å². The van der Waals surface area contributed by atoms with Crippen molar-refractivity contribution >= 4 is 28.8 Å².